The monoisotopic (exact) mass is 355 g/mol. The molecule has 0 aliphatic carbocycles. The number of hydrogen-bond donors (Lipinski definition) is 1. The van der Waals surface area contributed by atoms with Crippen LogP contribution in [0.2, 0.25) is 0 Å². The van der Waals surface area contributed by atoms with Crippen molar-refractivity contribution in [1.82, 2.24) is 5.32 Å². The molecule has 21 heavy (non-hydrogen) atoms. The minimum atomic E-state index is -0.474. The maximum absolute atomic E-state index is 14.0. The Morgan fingerprint density at radius 3 is 2.52 bits per heavy atom. The van der Waals surface area contributed by atoms with Crippen LogP contribution in [0.25, 0.3) is 0 Å². The van der Waals surface area contributed by atoms with Gasteiger partial charge in [-0.15, -0.1) is 0 Å². The zero-order chi connectivity index (χ0) is 15.4. The van der Waals surface area contributed by atoms with Crippen LogP contribution in [-0.4, -0.2) is 6.04 Å². The van der Waals surface area contributed by atoms with Gasteiger partial charge in [0.1, 0.15) is 11.6 Å². The van der Waals surface area contributed by atoms with E-state index in [-0.39, 0.29) is 11.5 Å². The molecule has 0 heterocycles. The lowest BCUT2D eigenvalue weighted by Gasteiger charge is -2.11. The standard InChI is InChI=1S/C16H16BrF2NO/c1-10(2)20-9-11-3-4-16(15(19)5-11)21-14-7-12(17)6-13(18)8-14/h3-8,10,20H,9H2,1-2H3. The molecule has 0 aromatic heterocycles. The molecule has 2 nitrogen and oxygen atoms in total. The largest absolute Gasteiger partial charge is 0.454 e. The minimum Gasteiger partial charge on any atom is -0.454 e. The van der Waals surface area contributed by atoms with E-state index in [1.54, 1.807) is 18.2 Å². The highest BCUT2D eigenvalue weighted by Crippen LogP contribution is 2.28. The van der Waals surface area contributed by atoms with Gasteiger partial charge in [0.15, 0.2) is 11.6 Å². The highest BCUT2D eigenvalue weighted by molar-refractivity contribution is 9.10. The maximum Gasteiger partial charge on any atom is 0.166 e. The van der Waals surface area contributed by atoms with Crippen molar-refractivity contribution >= 4 is 15.9 Å². The van der Waals surface area contributed by atoms with E-state index in [2.05, 4.69) is 21.2 Å². The van der Waals surface area contributed by atoms with Crippen LogP contribution in [-0.2, 0) is 6.54 Å². The number of rotatable bonds is 5. The molecule has 0 fully saturated rings. The Hall–Kier alpha value is -1.46. The first-order valence-corrected chi connectivity index (χ1v) is 7.39. The summed E-state index contributed by atoms with van der Waals surface area (Å²) in [6.45, 7) is 4.63. The van der Waals surface area contributed by atoms with Gasteiger partial charge in [0.25, 0.3) is 0 Å². The fraction of sp³-hybridized carbons (Fsp3) is 0.250. The van der Waals surface area contributed by atoms with Crippen molar-refractivity contribution in [3.8, 4) is 11.5 Å². The van der Waals surface area contributed by atoms with Gasteiger partial charge < -0.3 is 10.1 Å². The number of halogens is 3. The summed E-state index contributed by atoms with van der Waals surface area (Å²) in [5.41, 5.74) is 0.828. The molecule has 0 bridgehead atoms. The molecule has 0 aliphatic heterocycles. The van der Waals surface area contributed by atoms with Crippen LogP contribution < -0.4 is 10.1 Å². The van der Waals surface area contributed by atoms with E-state index in [9.17, 15) is 8.78 Å². The Bertz CT molecular complexity index is 611. The normalized spacial score (nSPS) is 11.0. The highest BCUT2D eigenvalue weighted by atomic mass is 79.9. The van der Waals surface area contributed by atoms with Crippen LogP contribution in [0.4, 0.5) is 8.78 Å². The molecular formula is C16H16BrF2NO. The molecule has 2 rings (SSSR count). The van der Waals surface area contributed by atoms with Crippen LogP contribution in [0.5, 0.6) is 11.5 Å². The van der Waals surface area contributed by atoms with Gasteiger partial charge in [0, 0.05) is 23.1 Å². The first kappa shape index (κ1) is 15.9. The van der Waals surface area contributed by atoms with E-state index in [4.69, 9.17) is 4.74 Å². The summed E-state index contributed by atoms with van der Waals surface area (Å²) in [6, 6.07) is 9.17. The number of hydrogen-bond acceptors (Lipinski definition) is 2. The number of ether oxygens (including phenoxy) is 1. The van der Waals surface area contributed by atoms with Gasteiger partial charge in [-0.2, -0.15) is 0 Å². The van der Waals surface area contributed by atoms with E-state index in [1.807, 2.05) is 13.8 Å². The van der Waals surface area contributed by atoms with Gasteiger partial charge in [-0.1, -0.05) is 35.8 Å². The summed E-state index contributed by atoms with van der Waals surface area (Å²) in [7, 11) is 0. The third kappa shape index (κ3) is 4.79. The second-order valence-corrected chi connectivity index (χ2v) is 5.92. The minimum absolute atomic E-state index is 0.0702. The Balaban J connectivity index is 2.13. The third-order valence-electron chi connectivity index (χ3n) is 2.77. The summed E-state index contributed by atoms with van der Waals surface area (Å²) in [5, 5.41) is 3.21. The van der Waals surface area contributed by atoms with Crippen LogP contribution in [0.3, 0.4) is 0 Å². The Morgan fingerprint density at radius 2 is 1.90 bits per heavy atom. The molecule has 0 spiro atoms. The molecule has 2 aromatic rings. The lowest BCUT2D eigenvalue weighted by Crippen LogP contribution is -2.21. The van der Waals surface area contributed by atoms with Gasteiger partial charge >= 0.3 is 0 Å². The van der Waals surface area contributed by atoms with Crippen molar-refractivity contribution in [3.63, 3.8) is 0 Å². The van der Waals surface area contributed by atoms with Gasteiger partial charge in [-0.25, -0.2) is 8.78 Å². The topological polar surface area (TPSA) is 21.3 Å². The molecular weight excluding hydrogens is 340 g/mol. The van der Waals surface area contributed by atoms with Gasteiger partial charge in [0.2, 0.25) is 0 Å². The average Bonchev–Trinajstić information content (AvgIpc) is 2.38. The zero-order valence-electron chi connectivity index (χ0n) is 11.8. The molecule has 0 unspecified atom stereocenters. The molecule has 0 saturated heterocycles. The van der Waals surface area contributed by atoms with Crippen LogP contribution in [0.15, 0.2) is 40.9 Å². The second kappa shape index (κ2) is 7.00. The smallest absolute Gasteiger partial charge is 0.166 e. The van der Waals surface area contributed by atoms with E-state index in [1.165, 1.54) is 18.2 Å². The highest BCUT2D eigenvalue weighted by Gasteiger charge is 2.08. The first-order chi connectivity index (χ1) is 9.94. The predicted molar refractivity (Wildman–Crippen MR) is 82.5 cm³/mol. The summed E-state index contributed by atoms with van der Waals surface area (Å²) in [6.07, 6.45) is 0. The number of nitrogens with one attached hydrogen (secondary N) is 1. The van der Waals surface area contributed by atoms with E-state index in [0.29, 0.717) is 17.1 Å². The fourth-order valence-corrected chi connectivity index (χ4v) is 2.22. The molecule has 2 aromatic carbocycles. The van der Waals surface area contributed by atoms with Crippen molar-refractivity contribution < 1.29 is 13.5 Å². The maximum atomic E-state index is 14.0. The lowest BCUT2D eigenvalue weighted by molar-refractivity contribution is 0.437. The molecule has 0 radical (unpaired) electrons. The van der Waals surface area contributed by atoms with Crippen molar-refractivity contribution in [2.24, 2.45) is 0 Å². The van der Waals surface area contributed by atoms with Crippen molar-refractivity contribution in [3.05, 3.63) is 58.1 Å². The van der Waals surface area contributed by atoms with E-state index >= 15 is 0 Å². The van der Waals surface area contributed by atoms with Crippen LogP contribution >= 0.6 is 15.9 Å². The summed E-state index contributed by atoms with van der Waals surface area (Å²) in [4.78, 5) is 0. The van der Waals surface area contributed by atoms with Crippen LogP contribution in [0.1, 0.15) is 19.4 Å². The molecule has 0 aliphatic rings. The Labute approximate surface area is 131 Å². The van der Waals surface area contributed by atoms with Crippen LogP contribution in [0, 0.1) is 11.6 Å². The molecule has 112 valence electrons. The SMILES string of the molecule is CC(C)NCc1ccc(Oc2cc(F)cc(Br)c2)c(F)c1. The van der Waals surface area contributed by atoms with E-state index < -0.39 is 11.6 Å². The fourth-order valence-electron chi connectivity index (χ4n) is 1.77. The summed E-state index contributed by atoms with van der Waals surface area (Å²) in [5.74, 6) is -0.606. The van der Waals surface area contributed by atoms with Crippen molar-refractivity contribution in [1.29, 1.82) is 0 Å². The molecule has 0 saturated carbocycles. The molecule has 0 atom stereocenters. The average molecular weight is 356 g/mol. The van der Waals surface area contributed by atoms with Gasteiger partial charge in [-0.3, -0.25) is 0 Å². The lowest BCUT2D eigenvalue weighted by atomic mass is 10.2. The second-order valence-electron chi connectivity index (χ2n) is 5.01. The Kier molecular flexibility index (Phi) is 5.31. The van der Waals surface area contributed by atoms with Gasteiger partial charge in [-0.05, 0) is 29.8 Å². The molecule has 5 heteroatoms. The molecule has 0 amide bonds. The van der Waals surface area contributed by atoms with Crippen molar-refractivity contribution in [2.75, 3.05) is 0 Å². The van der Waals surface area contributed by atoms with E-state index in [0.717, 1.165) is 5.56 Å². The third-order valence-corrected chi connectivity index (χ3v) is 3.23. The number of benzene rings is 2. The predicted octanol–water partition coefficient (Wildman–Crippen LogP) is 5.02. The molecule has 1 N–H and O–H groups in total. The van der Waals surface area contributed by atoms with Crippen molar-refractivity contribution in [2.45, 2.75) is 26.4 Å². The summed E-state index contributed by atoms with van der Waals surface area (Å²) < 4.78 is 33.2. The summed E-state index contributed by atoms with van der Waals surface area (Å²) >= 11 is 3.17. The Morgan fingerprint density at radius 1 is 1.14 bits per heavy atom. The van der Waals surface area contributed by atoms with Gasteiger partial charge in [0.05, 0.1) is 0 Å². The quantitative estimate of drug-likeness (QED) is 0.813. The first-order valence-electron chi connectivity index (χ1n) is 6.60. The zero-order valence-corrected chi connectivity index (χ0v) is 13.4.